The van der Waals surface area contributed by atoms with Gasteiger partial charge in [-0.15, -0.1) is 0 Å². The van der Waals surface area contributed by atoms with Gasteiger partial charge in [-0.3, -0.25) is 0 Å². The van der Waals surface area contributed by atoms with Gasteiger partial charge in [0.2, 0.25) is 0 Å². The number of ether oxygens (including phenoxy) is 2. The molecule has 1 aromatic carbocycles. The first-order chi connectivity index (χ1) is 9.76. The maximum atomic E-state index is 5.87. The Morgan fingerprint density at radius 1 is 1.45 bits per heavy atom. The molecule has 0 saturated heterocycles. The van der Waals surface area contributed by atoms with Crippen LogP contribution in [0.2, 0.25) is 0 Å². The van der Waals surface area contributed by atoms with Crippen molar-refractivity contribution in [2.24, 2.45) is 0 Å². The molecule has 2 aromatic rings. The SMILES string of the molecule is COC(C)Cc1noc(C2CNc3ccccc3O2)n1. The molecule has 20 heavy (non-hydrogen) atoms. The van der Waals surface area contributed by atoms with Gasteiger partial charge in [0.15, 0.2) is 11.9 Å². The van der Waals surface area contributed by atoms with Crippen LogP contribution in [0, 0.1) is 0 Å². The van der Waals surface area contributed by atoms with Gasteiger partial charge in [0, 0.05) is 13.5 Å². The van der Waals surface area contributed by atoms with Gasteiger partial charge in [0.25, 0.3) is 5.89 Å². The molecule has 0 spiro atoms. The van der Waals surface area contributed by atoms with Crippen LogP contribution in [-0.4, -0.2) is 29.9 Å². The number of aromatic nitrogens is 2. The zero-order valence-corrected chi connectivity index (χ0v) is 11.5. The second-order valence-electron chi connectivity index (χ2n) is 4.78. The van der Waals surface area contributed by atoms with Crippen molar-refractivity contribution >= 4 is 5.69 Å². The number of hydrogen-bond donors (Lipinski definition) is 1. The van der Waals surface area contributed by atoms with E-state index < -0.39 is 0 Å². The molecular formula is C14H17N3O3. The Morgan fingerprint density at radius 3 is 3.15 bits per heavy atom. The molecule has 1 aliphatic heterocycles. The van der Waals surface area contributed by atoms with Gasteiger partial charge in [-0.05, 0) is 19.1 Å². The van der Waals surface area contributed by atoms with Crippen molar-refractivity contribution < 1.29 is 14.0 Å². The Balaban J connectivity index is 1.72. The third-order valence-electron chi connectivity index (χ3n) is 3.27. The van der Waals surface area contributed by atoms with Gasteiger partial charge >= 0.3 is 0 Å². The number of nitrogens with one attached hydrogen (secondary N) is 1. The van der Waals surface area contributed by atoms with E-state index in [0.29, 0.717) is 24.7 Å². The minimum absolute atomic E-state index is 0.0616. The van der Waals surface area contributed by atoms with E-state index in [1.807, 2.05) is 31.2 Å². The summed E-state index contributed by atoms with van der Waals surface area (Å²) in [6.45, 7) is 2.57. The number of fused-ring (bicyclic) bond motifs is 1. The zero-order chi connectivity index (χ0) is 13.9. The second-order valence-corrected chi connectivity index (χ2v) is 4.78. The summed E-state index contributed by atoms with van der Waals surface area (Å²) in [7, 11) is 1.66. The summed E-state index contributed by atoms with van der Waals surface area (Å²) in [4.78, 5) is 4.37. The van der Waals surface area contributed by atoms with Crippen LogP contribution in [0.5, 0.6) is 5.75 Å². The topological polar surface area (TPSA) is 69.4 Å². The Labute approximate surface area is 117 Å². The lowest BCUT2D eigenvalue weighted by Gasteiger charge is -2.24. The van der Waals surface area contributed by atoms with Crippen molar-refractivity contribution in [2.75, 3.05) is 19.0 Å². The number of benzene rings is 1. The molecule has 0 fully saturated rings. The van der Waals surface area contributed by atoms with Gasteiger partial charge in [-0.2, -0.15) is 4.98 Å². The maximum absolute atomic E-state index is 5.87. The molecule has 1 aromatic heterocycles. The molecule has 6 heteroatoms. The van der Waals surface area contributed by atoms with Gasteiger partial charge in [-0.25, -0.2) is 0 Å². The highest BCUT2D eigenvalue weighted by Crippen LogP contribution is 2.33. The first-order valence-electron chi connectivity index (χ1n) is 6.61. The fraction of sp³-hybridized carbons (Fsp3) is 0.429. The first-order valence-corrected chi connectivity index (χ1v) is 6.61. The van der Waals surface area contributed by atoms with Crippen LogP contribution >= 0.6 is 0 Å². The molecule has 6 nitrogen and oxygen atoms in total. The number of para-hydroxylation sites is 2. The molecule has 3 rings (SSSR count). The third-order valence-corrected chi connectivity index (χ3v) is 3.27. The summed E-state index contributed by atoms with van der Waals surface area (Å²) >= 11 is 0. The molecular weight excluding hydrogens is 258 g/mol. The van der Waals surface area contributed by atoms with E-state index >= 15 is 0 Å². The smallest absolute Gasteiger partial charge is 0.269 e. The van der Waals surface area contributed by atoms with E-state index in [-0.39, 0.29) is 12.2 Å². The molecule has 0 amide bonds. The fourth-order valence-electron chi connectivity index (χ4n) is 2.07. The average Bonchev–Trinajstić information content (AvgIpc) is 2.95. The van der Waals surface area contributed by atoms with Crippen molar-refractivity contribution in [3.8, 4) is 5.75 Å². The van der Waals surface area contributed by atoms with Crippen LogP contribution in [0.1, 0.15) is 24.7 Å². The Morgan fingerprint density at radius 2 is 2.30 bits per heavy atom. The Bertz CT molecular complexity index is 585. The Hall–Kier alpha value is -2.08. The normalized spacial score (nSPS) is 18.8. The van der Waals surface area contributed by atoms with Crippen LogP contribution in [0.25, 0.3) is 0 Å². The number of rotatable bonds is 4. The zero-order valence-electron chi connectivity index (χ0n) is 11.5. The fourth-order valence-corrected chi connectivity index (χ4v) is 2.07. The average molecular weight is 275 g/mol. The van der Waals surface area contributed by atoms with Crippen LogP contribution in [0.15, 0.2) is 28.8 Å². The van der Waals surface area contributed by atoms with Crippen LogP contribution in [-0.2, 0) is 11.2 Å². The van der Waals surface area contributed by atoms with Crippen LogP contribution in [0.3, 0.4) is 0 Å². The van der Waals surface area contributed by atoms with Gasteiger partial charge < -0.3 is 19.3 Å². The van der Waals surface area contributed by atoms with E-state index in [9.17, 15) is 0 Å². The number of hydrogen-bond acceptors (Lipinski definition) is 6. The monoisotopic (exact) mass is 275 g/mol. The predicted molar refractivity (Wildman–Crippen MR) is 72.8 cm³/mol. The maximum Gasteiger partial charge on any atom is 0.269 e. The summed E-state index contributed by atoms with van der Waals surface area (Å²) in [5, 5.41) is 7.26. The number of anilines is 1. The summed E-state index contributed by atoms with van der Waals surface area (Å²) in [5.74, 6) is 1.93. The molecule has 0 saturated carbocycles. The molecule has 2 atom stereocenters. The Kier molecular flexibility index (Phi) is 3.56. The second kappa shape index (κ2) is 5.50. The van der Waals surface area contributed by atoms with E-state index in [1.165, 1.54) is 0 Å². The quantitative estimate of drug-likeness (QED) is 0.922. The number of methoxy groups -OCH3 is 1. The summed E-state index contributed by atoms with van der Waals surface area (Å²) in [6.07, 6.45) is 0.423. The highest BCUT2D eigenvalue weighted by atomic mass is 16.5. The molecule has 0 aliphatic carbocycles. The molecule has 106 valence electrons. The summed E-state index contributed by atoms with van der Waals surface area (Å²) < 4.78 is 16.3. The standard InChI is InChI=1S/C14H17N3O3/c1-9(18-2)7-13-16-14(20-17-13)12-8-15-10-5-3-4-6-11(10)19-12/h3-6,9,12,15H,7-8H2,1-2H3. The first kappa shape index (κ1) is 12.9. The van der Waals surface area contributed by atoms with Crippen molar-refractivity contribution in [3.63, 3.8) is 0 Å². The van der Waals surface area contributed by atoms with Crippen molar-refractivity contribution in [3.05, 3.63) is 36.0 Å². The largest absolute Gasteiger partial charge is 0.477 e. The van der Waals surface area contributed by atoms with Gasteiger partial charge in [0.1, 0.15) is 5.75 Å². The van der Waals surface area contributed by atoms with Crippen molar-refractivity contribution in [2.45, 2.75) is 25.6 Å². The van der Waals surface area contributed by atoms with E-state index in [0.717, 1.165) is 11.4 Å². The highest BCUT2D eigenvalue weighted by Gasteiger charge is 2.26. The van der Waals surface area contributed by atoms with E-state index in [1.54, 1.807) is 7.11 Å². The molecule has 0 bridgehead atoms. The predicted octanol–water partition coefficient (Wildman–Crippen LogP) is 2.19. The van der Waals surface area contributed by atoms with E-state index in [2.05, 4.69) is 15.5 Å². The van der Waals surface area contributed by atoms with Crippen LogP contribution < -0.4 is 10.1 Å². The lowest BCUT2D eigenvalue weighted by atomic mass is 10.2. The van der Waals surface area contributed by atoms with E-state index in [4.69, 9.17) is 14.0 Å². The van der Waals surface area contributed by atoms with Crippen LogP contribution in [0.4, 0.5) is 5.69 Å². The van der Waals surface area contributed by atoms with Crippen molar-refractivity contribution in [1.82, 2.24) is 10.1 Å². The van der Waals surface area contributed by atoms with Gasteiger partial charge in [-0.1, -0.05) is 17.3 Å². The molecule has 1 aliphatic rings. The lowest BCUT2D eigenvalue weighted by Crippen LogP contribution is -2.23. The molecule has 1 N–H and O–H groups in total. The number of nitrogens with zero attached hydrogens (tertiary/aromatic N) is 2. The minimum Gasteiger partial charge on any atom is -0.477 e. The highest BCUT2D eigenvalue weighted by molar-refractivity contribution is 5.57. The molecule has 2 unspecified atom stereocenters. The lowest BCUT2D eigenvalue weighted by molar-refractivity contribution is 0.116. The molecule has 2 heterocycles. The van der Waals surface area contributed by atoms with Gasteiger partial charge in [0.05, 0.1) is 18.3 Å². The third kappa shape index (κ3) is 2.60. The van der Waals surface area contributed by atoms with Crippen molar-refractivity contribution in [1.29, 1.82) is 0 Å². The summed E-state index contributed by atoms with van der Waals surface area (Å²) in [5.41, 5.74) is 0.983. The molecule has 0 radical (unpaired) electrons. The summed E-state index contributed by atoms with van der Waals surface area (Å²) in [6, 6.07) is 7.79. The minimum atomic E-state index is -0.260.